The fourth-order valence-electron chi connectivity index (χ4n) is 8.31. The number of rotatable bonds is 8. The summed E-state index contributed by atoms with van der Waals surface area (Å²) in [6, 6.07) is -0.940. The van der Waals surface area contributed by atoms with Crippen LogP contribution in [0.15, 0.2) is 16.8 Å². The molecule has 206 valence electrons. The lowest BCUT2D eigenvalue weighted by molar-refractivity contribution is -0.159. The van der Waals surface area contributed by atoms with Gasteiger partial charge in [-0.15, -0.1) is 0 Å². The van der Waals surface area contributed by atoms with Crippen LogP contribution in [0.4, 0.5) is 0 Å². The van der Waals surface area contributed by atoms with Gasteiger partial charge < -0.3 is 20.4 Å². The number of carboxylic acid groups (broad SMARTS) is 1. The SMILES string of the molecule is CC[C@H](C)[C@@H](NC(=O)CO/N=C1/C=C2CC[C@@H]3[C@H](CC[C@@]4(C)[C@H]3CC[C@]4(O)C(C)=O)[C@@]2(C)CC1)C(=O)O. The number of carboxylic acids is 1. The molecule has 4 aliphatic carbocycles. The zero-order chi connectivity index (χ0) is 27.2. The van der Waals surface area contributed by atoms with E-state index in [0.717, 1.165) is 50.7 Å². The highest BCUT2D eigenvalue weighted by Gasteiger charge is 2.65. The van der Waals surface area contributed by atoms with Crippen LogP contribution in [0.3, 0.4) is 0 Å². The molecule has 0 aromatic carbocycles. The van der Waals surface area contributed by atoms with E-state index in [1.54, 1.807) is 13.8 Å². The van der Waals surface area contributed by atoms with Gasteiger partial charge in [-0.3, -0.25) is 9.59 Å². The average molecular weight is 517 g/mol. The Labute approximate surface area is 220 Å². The molecule has 8 atom stereocenters. The molecule has 0 radical (unpaired) electrons. The maximum Gasteiger partial charge on any atom is 0.326 e. The number of Topliss-reactive ketones (excluding diaryl/α,β-unsaturated/α-hetero) is 1. The van der Waals surface area contributed by atoms with Gasteiger partial charge in [0.15, 0.2) is 12.4 Å². The molecule has 0 unspecified atom stereocenters. The molecule has 0 saturated heterocycles. The summed E-state index contributed by atoms with van der Waals surface area (Å²) in [6.07, 6.45) is 9.94. The summed E-state index contributed by atoms with van der Waals surface area (Å²) in [6.45, 7) is 9.44. The molecule has 0 spiro atoms. The number of aliphatic hydroxyl groups is 1. The van der Waals surface area contributed by atoms with E-state index < -0.39 is 23.5 Å². The van der Waals surface area contributed by atoms with E-state index in [2.05, 4.69) is 30.4 Å². The molecule has 3 fully saturated rings. The molecule has 0 aromatic rings. The molecule has 8 nitrogen and oxygen atoms in total. The quantitative estimate of drug-likeness (QED) is 0.414. The molecule has 4 aliphatic rings. The van der Waals surface area contributed by atoms with Gasteiger partial charge in [0.2, 0.25) is 0 Å². The molecule has 0 aliphatic heterocycles. The highest BCUT2D eigenvalue weighted by molar-refractivity contribution is 5.96. The van der Waals surface area contributed by atoms with Crippen LogP contribution in [-0.4, -0.2) is 51.8 Å². The first-order valence-corrected chi connectivity index (χ1v) is 14.0. The first kappa shape index (κ1) is 27.8. The Hall–Kier alpha value is -2.22. The molecule has 0 heterocycles. The predicted octanol–water partition coefficient (Wildman–Crippen LogP) is 4.26. The summed E-state index contributed by atoms with van der Waals surface area (Å²) in [4.78, 5) is 41.5. The van der Waals surface area contributed by atoms with Gasteiger partial charge in [-0.25, -0.2) is 4.79 Å². The van der Waals surface area contributed by atoms with Crippen molar-refractivity contribution in [3.05, 3.63) is 11.6 Å². The molecule has 3 N–H and O–H groups in total. The summed E-state index contributed by atoms with van der Waals surface area (Å²) in [7, 11) is 0. The van der Waals surface area contributed by atoms with Crippen LogP contribution >= 0.6 is 0 Å². The van der Waals surface area contributed by atoms with E-state index in [4.69, 9.17) is 4.84 Å². The average Bonchev–Trinajstić information content (AvgIpc) is 3.14. The first-order valence-electron chi connectivity index (χ1n) is 14.0. The molecule has 4 rings (SSSR count). The summed E-state index contributed by atoms with van der Waals surface area (Å²) in [5.74, 6) is -0.376. The van der Waals surface area contributed by atoms with E-state index in [1.807, 2.05) is 6.92 Å². The molecule has 0 bridgehead atoms. The van der Waals surface area contributed by atoms with Crippen molar-refractivity contribution in [2.45, 2.75) is 104 Å². The molecule has 8 heteroatoms. The minimum atomic E-state index is -1.19. The van der Waals surface area contributed by atoms with Crippen molar-refractivity contribution in [1.29, 1.82) is 0 Å². The van der Waals surface area contributed by atoms with Crippen molar-refractivity contribution in [2.75, 3.05) is 6.61 Å². The van der Waals surface area contributed by atoms with Crippen LogP contribution in [0.5, 0.6) is 0 Å². The molecule has 3 saturated carbocycles. The number of fused-ring (bicyclic) bond motifs is 5. The van der Waals surface area contributed by atoms with Crippen LogP contribution in [0.25, 0.3) is 0 Å². The fraction of sp³-hybridized carbons (Fsp3) is 0.793. The number of carbonyl (C=O) groups excluding carboxylic acids is 2. The smallest absolute Gasteiger partial charge is 0.326 e. The van der Waals surface area contributed by atoms with Gasteiger partial charge in [0.1, 0.15) is 11.6 Å². The van der Waals surface area contributed by atoms with Gasteiger partial charge in [0.05, 0.1) is 5.71 Å². The number of hydrogen-bond acceptors (Lipinski definition) is 6. The van der Waals surface area contributed by atoms with Gasteiger partial charge >= 0.3 is 5.97 Å². The lowest BCUT2D eigenvalue weighted by Gasteiger charge is -2.59. The van der Waals surface area contributed by atoms with Crippen molar-refractivity contribution < 1.29 is 29.4 Å². The lowest BCUT2D eigenvalue weighted by Crippen LogP contribution is -2.57. The van der Waals surface area contributed by atoms with Crippen molar-refractivity contribution in [3.8, 4) is 0 Å². The topological polar surface area (TPSA) is 125 Å². The number of aliphatic carboxylic acids is 1. The third-order valence-corrected chi connectivity index (χ3v) is 10.9. The van der Waals surface area contributed by atoms with Gasteiger partial charge in [-0.1, -0.05) is 44.8 Å². The number of ketones is 1. The molecule has 1 amide bonds. The molecular formula is C29H44N2O6. The van der Waals surface area contributed by atoms with Crippen LogP contribution in [0, 0.1) is 34.5 Å². The Bertz CT molecular complexity index is 1010. The van der Waals surface area contributed by atoms with E-state index in [1.165, 1.54) is 5.57 Å². The molecule has 37 heavy (non-hydrogen) atoms. The van der Waals surface area contributed by atoms with E-state index in [0.29, 0.717) is 30.6 Å². The zero-order valence-corrected chi connectivity index (χ0v) is 23.0. The van der Waals surface area contributed by atoms with E-state index >= 15 is 0 Å². The maximum atomic E-state index is 12.4. The number of nitrogens with zero attached hydrogens (tertiary/aromatic N) is 1. The van der Waals surface area contributed by atoms with Gasteiger partial charge in [0, 0.05) is 5.41 Å². The van der Waals surface area contributed by atoms with Crippen LogP contribution in [0.1, 0.15) is 92.4 Å². The Balaban J connectivity index is 1.41. The Morgan fingerprint density at radius 1 is 1.14 bits per heavy atom. The van der Waals surface area contributed by atoms with Crippen molar-refractivity contribution in [1.82, 2.24) is 5.32 Å². The third kappa shape index (κ3) is 4.64. The fourth-order valence-corrected chi connectivity index (χ4v) is 8.31. The minimum Gasteiger partial charge on any atom is -0.480 e. The van der Waals surface area contributed by atoms with Crippen molar-refractivity contribution in [3.63, 3.8) is 0 Å². The second-order valence-corrected chi connectivity index (χ2v) is 12.5. The number of carbonyl (C=O) groups is 3. The third-order valence-electron chi connectivity index (χ3n) is 10.9. The van der Waals surface area contributed by atoms with Crippen molar-refractivity contribution in [2.24, 2.45) is 39.7 Å². The summed E-state index contributed by atoms with van der Waals surface area (Å²) in [5.41, 5.74) is 0.764. The predicted molar refractivity (Wildman–Crippen MR) is 140 cm³/mol. The number of hydrogen-bond donors (Lipinski definition) is 3. The first-order chi connectivity index (χ1) is 17.4. The summed E-state index contributed by atoms with van der Waals surface area (Å²) >= 11 is 0. The minimum absolute atomic E-state index is 0.0720. The maximum absolute atomic E-state index is 12.4. The zero-order valence-electron chi connectivity index (χ0n) is 23.0. The number of amides is 1. The van der Waals surface area contributed by atoms with Crippen LogP contribution < -0.4 is 5.32 Å². The van der Waals surface area contributed by atoms with Crippen molar-refractivity contribution >= 4 is 23.4 Å². The second-order valence-electron chi connectivity index (χ2n) is 12.5. The summed E-state index contributed by atoms with van der Waals surface area (Å²) in [5, 5.41) is 27.5. The molecule has 0 aromatic heterocycles. The second kappa shape index (κ2) is 10.2. The van der Waals surface area contributed by atoms with Crippen LogP contribution in [0.2, 0.25) is 0 Å². The van der Waals surface area contributed by atoms with Gasteiger partial charge in [-0.05, 0) is 93.5 Å². The van der Waals surface area contributed by atoms with E-state index in [9.17, 15) is 24.6 Å². The Morgan fingerprint density at radius 3 is 2.49 bits per heavy atom. The summed E-state index contributed by atoms with van der Waals surface area (Å²) < 4.78 is 0. The normalized spacial score (nSPS) is 39.5. The van der Waals surface area contributed by atoms with Gasteiger partial charge in [0.25, 0.3) is 5.91 Å². The standard InChI is InChI=1S/C29H44N2O6/c1-6-17(2)25(26(34)35)30-24(33)16-37-31-20-9-12-27(4)19(15-20)7-8-21-22(27)10-13-28(5)23(21)11-14-29(28,36)18(3)32/h15,17,21-23,25,36H,6-14,16H2,1-5H3,(H,30,33)(H,34,35)/b31-20+/t17-,21+,22-,23-,25+,27-,28-,29-/m0/s1. The monoisotopic (exact) mass is 516 g/mol. The van der Waals surface area contributed by atoms with E-state index in [-0.39, 0.29) is 29.1 Å². The number of nitrogens with one attached hydrogen (secondary N) is 1. The number of allylic oxidation sites excluding steroid dienone is 2. The Morgan fingerprint density at radius 2 is 1.84 bits per heavy atom. The Kier molecular flexibility index (Phi) is 7.63. The highest BCUT2D eigenvalue weighted by atomic mass is 16.6. The number of oxime groups is 1. The largest absolute Gasteiger partial charge is 0.480 e. The van der Waals surface area contributed by atoms with Gasteiger partial charge in [-0.2, -0.15) is 0 Å². The molecular weight excluding hydrogens is 472 g/mol. The lowest BCUT2D eigenvalue weighted by atomic mass is 9.46. The highest BCUT2D eigenvalue weighted by Crippen LogP contribution is 2.67. The van der Waals surface area contributed by atoms with Crippen LogP contribution in [-0.2, 0) is 19.2 Å².